The van der Waals surface area contributed by atoms with Crippen molar-refractivity contribution in [1.82, 2.24) is 19.7 Å². The highest BCUT2D eigenvalue weighted by atomic mass is 16.2. The van der Waals surface area contributed by atoms with Gasteiger partial charge in [0.25, 0.3) is 5.91 Å². The molecule has 0 bridgehead atoms. The summed E-state index contributed by atoms with van der Waals surface area (Å²) in [5.41, 5.74) is 0.728. The summed E-state index contributed by atoms with van der Waals surface area (Å²) in [4.78, 5) is 27.7. The predicted octanol–water partition coefficient (Wildman–Crippen LogP) is 2.05. The highest BCUT2D eigenvalue weighted by molar-refractivity contribution is 6.12. The van der Waals surface area contributed by atoms with Gasteiger partial charge in [0, 0.05) is 18.7 Å². The number of carbonyl (C=O) groups excluding carboxylic acids is 2. The third kappa shape index (κ3) is 2.36. The van der Waals surface area contributed by atoms with Gasteiger partial charge < -0.3 is 4.57 Å². The Bertz CT molecular complexity index is 782. The first-order chi connectivity index (χ1) is 11.6. The standard InChI is InChI=1S/C17H19N5O2/c1-20-14(18-19-16(20)12-6-5-7-12)10-22-15(23)11-21(17(22)24)13-8-3-2-4-9-13/h2-4,8-9,12H,5-7,10-11H2,1H3. The van der Waals surface area contributed by atoms with Gasteiger partial charge in [0.15, 0.2) is 5.82 Å². The van der Waals surface area contributed by atoms with Gasteiger partial charge in [-0.1, -0.05) is 24.6 Å². The average molecular weight is 325 g/mol. The molecule has 0 unspecified atom stereocenters. The van der Waals surface area contributed by atoms with Gasteiger partial charge in [-0.2, -0.15) is 0 Å². The van der Waals surface area contributed by atoms with E-state index in [1.807, 2.05) is 41.9 Å². The Labute approximate surface area is 139 Å². The van der Waals surface area contributed by atoms with E-state index in [4.69, 9.17) is 0 Å². The Balaban J connectivity index is 1.53. The number of benzene rings is 1. The van der Waals surface area contributed by atoms with Gasteiger partial charge in [-0.3, -0.25) is 14.6 Å². The predicted molar refractivity (Wildman–Crippen MR) is 87.3 cm³/mol. The Kier molecular flexibility index (Phi) is 3.55. The van der Waals surface area contributed by atoms with Crippen molar-refractivity contribution in [2.24, 2.45) is 7.05 Å². The lowest BCUT2D eigenvalue weighted by Crippen LogP contribution is -2.33. The summed E-state index contributed by atoms with van der Waals surface area (Å²) in [6, 6.07) is 8.93. The van der Waals surface area contributed by atoms with E-state index in [0.717, 1.165) is 24.4 Å². The van der Waals surface area contributed by atoms with Crippen LogP contribution in [0, 0.1) is 0 Å². The van der Waals surface area contributed by atoms with Crippen molar-refractivity contribution in [3.05, 3.63) is 42.0 Å². The minimum absolute atomic E-state index is 0.0657. The van der Waals surface area contributed by atoms with Crippen LogP contribution in [0.2, 0.25) is 0 Å². The number of carbonyl (C=O) groups is 2. The first kappa shape index (κ1) is 14.9. The number of hydrogen-bond donors (Lipinski definition) is 0. The fraction of sp³-hybridized carbons (Fsp3) is 0.412. The van der Waals surface area contributed by atoms with Crippen LogP contribution in [0.4, 0.5) is 10.5 Å². The van der Waals surface area contributed by atoms with Gasteiger partial charge in [0.05, 0.1) is 6.54 Å². The van der Waals surface area contributed by atoms with E-state index >= 15 is 0 Å². The van der Waals surface area contributed by atoms with Crippen LogP contribution in [-0.4, -0.2) is 38.1 Å². The van der Waals surface area contributed by atoms with E-state index in [9.17, 15) is 9.59 Å². The molecule has 1 aliphatic carbocycles. The Hall–Kier alpha value is -2.70. The monoisotopic (exact) mass is 325 g/mol. The molecule has 7 nitrogen and oxygen atoms in total. The number of anilines is 1. The zero-order valence-corrected chi connectivity index (χ0v) is 13.6. The zero-order chi connectivity index (χ0) is 16.7. The number of rotatable bonds is 4. The van der Waals surface area contributed by atoms with Crippen LogP contribution >= 0.6 is 0 Å². The second-order valence-electron chi connectivity index (χ2n) is 6.35. The van der Waals surface area contributed by atoms with Gasteiger partial charge >= 0.3 is 6.03 Å². The molecule has 1 aromatic carbocycles. The van der Waals surface area contributed by atoms with Crippen molar-refractivity contribution in [2.45, 2.75) is 31.7 Å². The van der Waals surface area contributed by atoms with Crippen LogP contribution in [0.25, 0.3) is 0 Å². The van der Waals surface area contributed by atoms with Gasteiger partial charge in [0.2, 0.25) is 0 Å². The van der Waals surface area contributed by atoms with E-state index in [2.05, 4.69) is 10.2 Å². The van der Waals surface area contributed by atoms with Crippen LogP contribution < -0.4 is 4.90 Å². The maximum atomic E-state index is 12.6. The lowest BCUT2D eigenvalue weighted by atomic mass is 9.85. The molecule has 0 N–H and O–H groups in total. The molecule has 24 heavy (non-hydrogen) atoms. The molecule has 1 aromatic heterocycles. The molecular weight excluding hydrogens is 306 g/mol. The molecule has 2 heterocycles. The van der Waals surface area contributed by atoms with Gasteiger partial charge in [-0.25, -0.2) is 4.79 Å². The van der Waals surface area contributed by atoms with E-state index in [1.54, 1.807) is 0 Å². The summed E-state index contributed by atoms with van der Waals surface area (Å²) >= 11 is 0. The Morgan fingerprint density at radius 3 is 2.54 bits per heavy atom. The SMILES string of the molecule is Cn1c(CN2C(=O)CN(c3ccccc3)C2=O)nnc1C1CCC1. The van der Waals surface area contributed by atoms with E-state index in [1.165, 1.54) is 16.2 Å². The van der Waals surface area contributed by atoms with Crippen molar-refractivity contribution >= 4 is 17.6 Å². The van der Waals surface area contributed by atoms with Crippen molar-refractivity contribution < 1.29 is 9.59 Å². The molecular formula is C17H19N5O2. The summed E-state index contributed by atoms with van der Waals surface area (Å²) in [6.07, 6.45) is 3.49. The van der Waals surface area contributed by atoms with Crippen molar-refractivity contribution in [3.8, 4) is 0 Å². The lowest BCUT2D eigenvalue weighted by molar-refractivity contribution is -0.125. The summed E-state index contributed by atoms with van der Waals surface area (Å²) in [5, 5.41) is 8.45. The quantitative estimate of drug-likeness (QED) is 0.807. The smallest absolute Gasteiger partial charge is 0.316 e. The van der Waals surface area contributed by atoms with Crippen LogP contribution in [0.5, 0.6) is 0 Å². The normalized spacial score (nSPS) is 18.4. The summed E-state index contributed by atoms with van der Waals surface area (Å²) < 4.78 is 1.93. The van der Waals surface area contributed by atoms with E-state index < -0.39 is 0 Å². The third-order valence-corrected chi connectivity index (χ3v) is 4.89. The average Bonchev–Trinajstić information content (AvgIpc) is 3.03. The second kappa shape index (κ2) is 5.74. The van der Waals surface area contributed by atoms with E-state index in [0.29, 0.717) is 11.7 Å². The van der Waals surface area contributed by atoms with Crippen molar-refractivity contribution in [3.63, 3.8) is 0 Å². The number of urea groups is 1. The second-order valence-corrected chi connectivity index (χ2v) is 6.35. The molecule has 2 fully saturated rings. The Morgan fingerprint density at radius 1 is 1.12 bits per heavy atom. The maximum Gasteiger partial charge on any atom is 0.332 e. The molecule has 0 atom stereocenters. The van der Waals surface area contributed by atoms with Gasteiger partial charge in [0.1, 0.15) is 12.4 Å². The maximum absolute atomic E-state index is 12.6. The fourth-order valence-electron chi connectivity index (χ4n) is 3.18. The van der Waals surface area contributed by atoms with Crippen molar-refractivity contribution in [2.75, 3.05) is 11.4 Å². The third-order valence-electron chi connectivity index (χ3n) is 4.89. The number of amides is 3. The van der Waals surface area contributed by atoms with Gasteiger partial charge in [-0.05, 0) is 25.0 Å². The lowest BCUT2D eigenvalue weighted by Gasteiger charge is -2.24. The number of nitrogens with zero attached hydrogens (tertiary/aromatic N) is 5. The zero-order valence-electron chi connectivity index (χ0n) is 13.6. The highest BCUT2D eigenvalue weighted by Gasteiger charge is 2.38. The molecule has 4 rings (SSSR count). The molecule has 0 radical (unpaired) electrons. The minimum atomic E-state index is -0.306. The molecule has 2 aliphatic rings. The number of imide groups is 1. The van der Waals surface area contributed by atoms with Crippen LogP contribution in [0.3, 0.4) is 0 Å². The number of hydrogen-bond acceptors (Lipinski definition) is 4. The van der Waals surface area contributed by atoms with Crippen LogP contribution in [0.15, 0.2) is 30.3 Å². The topological polar surface area (TPSA) is 71.3 Å². The molecule has 124 valence electrons. The molecule has 3 amide bonds. The summed E-state index contributed by atoms with van der Waals surface area (Å²) in [7, 11) is 1.91. The van der Waals surface area contributed by atoms with Gasteiger partial charge in [-0.15, -0.1) is 10.2 Å². The molecule has 1 saturated heterocycles. The molecule has 1 aliphatic heterocycles. The summed E-state index contributed by atoms with van der Waals surface area (Å²) in [6.45, 7) is 0.230. The molecule has 1 saturated carbocycles. The fourth-order valence-corrected chi connectivity index (χ4v) is 3.18. The number of aromatic nitrogens is 3. The molecule has 0 spiro atoms. The highest BCUT2D eigenvalue weighted by Crippen LogP contribution is 2.35. The first-order valence-electron chi connectivity index (χ1n) is 8.20. The number of para-hydroxylation sites is 1. The first-order valence-corrected chi connectivity index (χ1v) is 8.20. The van der Waals surface area contributed by atoms with Crippen LogP contribution in [0.1, 0.15) is 36.8 Å². The molecule has 2 aromatic rings. The van der Waals surface area contributed by atoms with Crippen molar-refractivity contribution in [1.29, 1.82) is 0 Å². The molecule has 7 heteroatoms. The van der Waals surface area contributed by atoms with E-state index in [-0.39, 0.29) is 25.0 Å². The Morgan fingerprint density at radius 2 is 1.88 bits per heavy atom. The largest absolute Gasteiger partial charge is 0.332 e. The summed E-state index contributed by atoms with van der Waals surface area (Å²) in [5.74, 6) is 1.85. The van der Waals surface area contributed by atoms with Crippen LogP contribution in [-0.2, 0) is 18.4 Å². The minimum Gasteiger partial charge on any atom is -0.316 e.